The Kier molecular flexibility index (Phi) is 3.50. The molecular formula is C10H16N2O2. The summed E-state index contributed by atoms with van der Waals surface area (Å²) in [6.45, 7) is 1.72. The van der Waals surface area contributed by atoms with Gasteiger partial charge in [-0.3, -0.25) is 0 Å². The molecule has 0 aromatic carbocycles. The topological polar surface area (TPSA) is 79.3 Å². The first-order valence-corrected chi connectivity index (χ1v) is 4.76. The summed E-state index contributed by atoms with van der Waals surface area (Å²) in [4.78, 5) is 0. The first-order valence-electron chi connectivity index (χ1n) is 4.76. The van der Waals surface area contributed by atoms with Crippen LogP contribution in [-0.2, 0) is 4.74 Å². The molecular weight excluding hydrogens is 180 g/mol. The van der Waals surface area contributed by atoms with E-state index in [0.717, 1.165) is 19.3 Å². The predicted molar refractivity (Wildman–Crippen MR) is 52.1 cm³/mol. The van der Waals surface area contributed by atoms with E-state index in [0.29, 0.717) is 5.76 Å². The van der Waals surface area contributed by atoms with Crippen molar-refractivity contribution < 1.29 is 9.84 Å². The van der Waals surface area contributed by atoms with Gasteiger partial charge in [0.1, 0.15) is 24.0 Å². The Morgan fingerprint density at radius 3 is 3.14 bits per heavy atom. The van der Waals surface area contributed by atoms with Crippen LogP contribution in [0, 0.1) is 11.3 Å². The van der Waals surface area contributed by atoms with Crippen molar-refractivity contribution >= 4 is 0 Å². The van der Waals surface area contributed by atoms with E-state index in [4.69, 9.17) is 15.7 Å². The fourth-order valence-electron chi connectivity index (χ4n) is 1.25. The average Bonchev–Trinajstić information content (AvgIpc) is 2.17. The van der Waals surface area contributed by atoms with Gasteiger partial charge in [0.05, 0.1) is 6.07 Å². The Hall–Kier alpha value is -1.05. The van der Waals surface area contributed by atoms with Gasteiger partial charge in [-0.05, 0) is 32.3 Å². The number of allylic oxidation sites excluding steroid dienone is 1. The lowest BCUT2D eigenvalue weighted by Gasteiger charge is -2.23. The van der Waals surface area contributed by atoms with Gasteiger partial charge < -0.3 is 15.6 Å². The molecule has 2 unspecified atom stereocenters. The fourth-order valence-corrected chi connectivity index (χ4v) is 1.25. The molecule has 0 bridgehead atoms. The first-order chi connectivity index (χ1) is 6.55. The summed E-state index contributed by atoms with van der Waals surface area (Å²) < 4.78 is 5.31. The molecule has 0 radical (unpaired) electrons. The molecule has 0 amide bonds. The molecule has 0 saturated heterocycles. The van der Waals surface area contributed by atoms with Gasteiger partial charge in [0.15, 0.2) is 0 Å². The SMILES string of the molecule is CC(N)(C#N)COC1=CCCCC1O. The number of nitrogens with two attached hydrogens (primary N) is 1. The maximum absolute atomic E-state index is 9.52. The summed E-state index contributed by atoms with van der Waals surface area (Å²) in [6, 6.07) is 1.94. The van der Waals surface area contributed by atoms with Crippen LogP contribution in [0.25, 0.3) is 0 Å². The minimum Gasteiger partial charge on any atom is -0.492 e. The maximum atomic E-state index is 9.52. The Labute approximate surface area is 84.0 Å². The zero-order valence-corrected chi connectivity index (χ0v) is 8.36. The number of aliphatic hydroxyl groups excluding tert-OH is 1. The van der Waals surface area contributed by atoms with Crippen molar-refractivity contribution in [1.29, 1.82) is 5.26 Å². The third-order valence-corrected chi connectivity index (χ3v) is 2.15. The largest absolute Gasteiger partial charge is 0.492 e. The molecule has 1 aliphatic rings. The van der Waals surface area contributed by atoms with E-state index in [1.54, 1.807) is 6.92 Å². The Balaban J connectivity index is 2.45. The van der Waals surface area contributed by atoms with E-state index in [9.17, 15) is 5.11 Å². The number of hydrogen-bond donors (Lipinski definition) is 2. The standard InChI is InChI=1S/C10H16N2O2/c1-10(12,6-11)7-14-9-5-3-2-4-8(9)13/h5,8,13H,2-4,7,12H2,1H3. The molecule has 14 heavy (non-hydrogen) atoms. The molecule has 1 rings (SSSR count). The summed E-state index contributed by atoms with van der Waals surface area (Å²) in [5, 5.41) is 18.2. The van der Waals surface area contributed by atoms with Crippen LogP contribution < -0.4 is 5.73 Å². The lowest BCUT2D eigenvalue weighted by Crippen LogP contribution is -2.40. The first kappa shape index (κ1) is 11.0. The van der Waals surface area contributed by atoms with Crippen LogP contribution in [0.2, 0.25) is 0 Å². The summed E-state index contributed by atoms with van der Waals surface area (Å²) >= 11 is 0. The minimum absolute atomic E-state index is 0.117. The molecule has 4 nitrogen and oxygen atoms in total. The number of aliphatic hydroxyl groups is 1. The van der Waals surface area contributed by atoms with Gasteiger partial charge in [0, 0.05) is 0 Å². The van der Waals surface area contributed by atoms with Gasteiger partial charge in [-0.1, -0.05) is 0 Å². The molecule has 0 aromatic heterocycles. The van der Waals surface area contributed by atoms with Crippen LogP contribution in [-0.4, -0.2) is 23.4 Å². The van der Waals surface area contributed by atoms with Crippen molar-refractivity contribution in [3.05, 3.63) is 11.8 Å². The number of hydrogen-bond acceptors (Lipinski definition) is 4. The van der Waals surface area contributed by atoms with E-state index < -0.39 is 11.6 Å². The summed E-state index contributed by atoms with van der Waals surface area (Å²) in [6.07, 6.45) is 3.95. The highest BCUT2D eigenvalue weighted by atomic mass is 16.5. The van der Waals surface area contributed by atoms with E-state index >= 15 is 0 Å². The third kappa shape index (κ3) is 3.02. The van der Waals surface area contributed by atoms with Gasteiger partial charge in [0.2, 0.25) is 0 Å². The van der Waals surface area contributed by atoms with Gasteiger partial charge in [-0.25, -0.2) is 0 Å². The molecule has 0 aromatic rings. The van der Waals surface area contributed by atoms with Crippen LogP contribution in [0.1, 0.15) is 26.2 Å². The predicted octanol–water partition coefficient (Wildman–Crippen LogP) is 0.673. The second kappa shape index (κ2) is 4.45. The third-order valence-electron chi connectivity index (χ3n) is 2.15. The van der Waals surface area contributed by atoms with Crippen LogP contribution >= 0.6 is 0 Å². The van der Waals surface area contributed by atoms with Gasteiger partial charge in [0.25, 0.3) is 0 Å². The van der Waals surface area contributed by atoms with E-state index in [1.807, 2.05) is 12.1 Å². The van der Waals surface area contributed by atoms with Crippen LogP contribution in [0.5, 0.6) is 0 Å². The molecule has 2 atom stereocenters. The van der Waals surface area contributed by atoms with Crippen molar-refractivity contribution in [3.8, 4) is 6.07 Å². The number of rotatable bonds is 3. The zero-order chi connectivity index (χ0) is 10.6. The highest BCUT2D eigenvalue weighted by Gasteiger charge is 2.22. The highest BCUT2D eigenvalue weighted by molar-refractivity contribution is 5.07. The molecule has 4 heteroatoms. The molecule has 0 aliphatic heterocycles. The highest BCUT2D eigenvalue weighted by Crippen LogP contribution is 2.19. The molecule has 0 fully saturated rings. The molecule has 3 N–H and O–H groups in total. The van der Waals surface area contributed by atoms with E-state index in [1.165, 1.54) is 0 Å². The van der Waals surface area contributed by atoms with Crippen molar-refractivity contribution in [2.24, 2.45) is 5.73 Å². The lowest BCUT2D eigenvalue weighted by molar-refractivity contribution is 0.0762. The van der Waals surface area contributed by atoms with Crippen molar-refractivity contribution in [2.45, 2.75) is 37.8 Å². The van der Waals surface area contributed by atoms with Gasteiger partial charge >= 0.3 is 0 Å². The Morgan fingerprint density at radius 1 is 1.86 bits per heavy atom. The van der Waals surface area contributed by atoms with Crippen LogP contribution in [0.15, 0.2) is 11.8 Å². The van der Waals surface area contributed by atoms with E-state index in [-0.39, 0.29) is 6.61 Å². The summed E-state index contributed by atoms with van der Waals surface area (Å²) in [5.74, 6) is 0.558. The smallest absolute Gasteiger partial charge is 0.135 e. The Bertz CT molecular complexity index is 266. The van der Waals surface area contributed by atoms with Gasteiger partial charge in [-0.15, -0.1) is 0 Å². The monoisotopic (exact) mass is 196 g/mol. The normalized spacial score (nSPS) is 25.9. The number of ether oxygens (including phenoxy) is 1. The summed E-state index contributed by atoms with van der Waals surface area (Å²) in [7, 11) is 0. The number of nitrogens with zero attached hydrogens (tertiary/aromatic N) is 1. The van der Waals surface area contributed by atoms with E-state index in [2.05, 4.69) is 0 Å². The van der Waals surface area contributed by atoms with Gasteiger partial charge in [-0.2, -0.15) is 5.26 Å². The zero-order valence-electron chi connectivity index (χ0n) is 8.36. The second-order valence-electron chi connectivity index (χ2n) is 3.87. The maximum Gasteiger partial charge on any atom is 0.135 e. The van der Waals surface area contributed by atoms with Crippen LogP contribution in [0.4, 0.5) is 0 Å². The lowest BCUT2D eigenvalue weighted by atomic mass is 10.0. The Morgan fingerprint density at radius 2 is 2.57 bits per heavy atom. The van der Waals surface area contributed by atoms with Crippen LogP contribution in [0.3, 0.4) is 0 Å². The second-order valence-corrected chi connectivity index (χ2v) is 3.87. The van der Waals surface area contributed by atoms with Crippen molar-refractivity contribution in [2.75, 3.05) is 6.61 Å². The number of nitriles is 1. The van der Waals surface area contributed by atoms with Crippen molar-refractivity contribution in [1.82, 2.24) is 0 Å². The molecule has 78 valence electrons. The molecule has 0 saturated carbocycles. The summed E-state index contributed by atoms with van der Waals surface area (Å²) in [5.41, 5.74) is 4.60. The minimum atomic E-state index is -0.988. The molecule has 0 heterocycles. The molecule has 1 aliphatic carbocycles. The fraction of sp³-hybridized carbons (Fsp3) is 0.700. The quantitative estimate of drug-likeness (QED) is 0.695. The van der Waals surface area contributed by atoms with Crippen molar-refractivity contribution in [3.63, 3.8) is 0 Å². The average molecular weight is 196 g/mol. The molecule has 0 spiro atoms.